The van der Waals surface area contributed by atoms with E-state index in [1.807, 2.05) is 0 Å². The minimum Gasteiger partial charge on any atom is -0.506 e. The third kappa shape index (κ3) is 3.17. The van der Waals surface area contributed by atoms with Crippen LogP contribution < -0.4 is 4.72 Å². The van der Waals surface area contributed by atoms with Crippen molar-refractivity contribution in [3.63, 3.8) is 0 Å². The molecule has 0 amide bonds. The zero-order valence-corrected chi connectivity index (χ0v) is 11.3. The van der Waals surface area contributed by atoms with Crippen molar-refractivity contribution in [1.82, 2.24) is 0 Å². The Bertz CT molecular complexity index is 592. The first-order valence-corrected chi connectivity index (χ1v) is 7.66. The van der Waals surface area contributed by atoms with E-state index in [0.29, 0.717) is 25.0 Å². The Hall–Kier alpha value is -1.44. The first kappa shape index (κ1) is 15.0. The predicted molar refractivity (Wildman–Crippen MR) is 67.9 cm³/mol. The van der Waals surface area contributed by atoms with Crippen molar-refractivity contribution in [3.05, 3.63) is 23.8 Å². The van der Waals surface area contributed by atoms with Gasteiger partial charge in [0.2, 0.25) is 10.0 Å². The Balaban J connectivity index is 2.29. The maximum Gasteiger partial charge on any atom is 0.416 e. The van der Waals surface area contributed by atoms with Gasteiger partial charge in [-0.15, -0.1) is 0 Å². The third-order valence-electron chi connectivity index (χ3n) is 3.32. The monoisotopic (exact) mass is 309 g/mol. The molecule has 0 radical (unpaired) electrons. The van der Waals surface area contributed by atoms with Crippen molar-refractivity contribution >= 4 is 15.7 Å². The van der Waals surface area contributed by atoms with Crippen molar-refractivity contribution in [2.75, 3.05) is 4.72 Å². The number of anilines is 1. The van der Waals surface area contributed by atoms with Crippen LogP contribution in [0, 0.1) is 0 Å². The maximum absolute atomic E-state index is 12.6. The summed E-state index contributed by atoms with van der Waals surface area (Å²) in [5, 5.41) is 8.90. The number of hydrogen-bond acceptors (Lipinski definition) is 3. The van der Waals surface area contributed by atoms with Crippen LogP contribution in [-0.2, 0) is 16.2 Å². The minimum absolute atomic E-state index is 0.438. The molecule has 0 spiro atoms. The van der Waals surface area contributed by atoms with Crippen LogP contribution in [0.1, 0.15) is 31.2 Å². The highest BCUT2D eigenvalue weighted by Crippen LogP contribution is 2.36. The Labute approximate surface area is 114 Å². The summed E-state index contributed by atoms with van der Waals surface area (Å²) in [5.41, 5.74) is -1.45. The number of alkyl halides is 3. The van der Waals surface area contributed by atoms with Gasteiger partial charge >= 0.3 is 6.18 Å². The quantitative estimate of drug-likeness (QED) is 0.843. The van der Waals surface area contributed by atoms with Crippen molar-refractivity contribution in [2.24, 2.45) is 0 Å². The number of phenolic OH excluding ortho intramolecular Hbond substituents is 1. The smallest absolute Gasteiger partial charge is 0.416 e. The number of hydrogen-bond donors (Lipinski definition) is 2. The van der Waals surface area contributed by atoms with E-state index in [-0.39, 0.29) is 0 Å². The van der Waals surface area contributed by atoms with Gasteiger partial charge in [-0.05, 0) is 31.0 Å². The summed E-state index contributed by atoms with van der Waals surface area (Å²) in [5.74, 6) is -0.528. The topological polar surface area (TPSA) is 66.4 Å². The first-order valence-electron chi connectivity index (χ1n) is 6.12. The summed E-state index contributed by atoms with van der Waals surface area (Å²) in [7, 11) is -3.78. The second kappa shape index (κ2) is 5.16. The second-order valence-electron chi connectivity index (χ2n) is 4.78. The molecule has 0 heterocycles. The Morgan fingerprint density at radius 3 is 2.35 bits per heavy atom. The Kier molecular flexibility index (Phi) is 3.86. The summed E-state index contributed by atoms with van der Waals surface area (Å²) in [4.78, 5) is 0. The van der Waals surface area contributed by atoms with E-state index in [1.165, 1.54) is 0 Å². The van der Waals surface area contributed by atoms with Crippen molar-refractivity contribution in [2.45, 2.75) is 37.1 Å². The van der Waals surface area contributed by atoms with Gasteiger partial charge in [0, 0.05) is 0 Å². The summed E-state index contributed by atoms with van der Waals surface area (Å²) in [6.07, 6.45) is -2.08. The fourth-order valence-corrected chi connectivity index (χ4v) is 3.82. The number of benzene rings is 1. The van der Waals surface area contributed by atoms with Gasteiger partial charge in [0.15, 0.2) is 0 Å². The predicted octanol–water partition coefficient (Wildman–Crippen LogP) is 3.10. The first-order chi connectivity index (χ1) is 9.20. The highest BCUT2D eigenvalue weighted by Gasteiger charge is 2.33. The van der Waals surface area contributed by atoms with Gasteiger partial charge in [0.1, 0.15) is 5.75 Å². The molecular formula is C12H14F3NO3S. The van der Waals surface area contributed by atoms with Crippen LogP contribution in [0.15, 0.2) is 18.2 Å². The van der Waals surface area contributed by atoms with Crippen LogP contribution in [-0.4, -0.2) is 18.8 Å². The van der Waals surface area contributed by atoms with E-state index in [1.54, 1.807) is 0 Å². The fourth-order valence-electron chi connectivity index (χ4n) is 2.23. The fraction of sp³-hybridized carbons (Fsp3) is 0.500. The SMILES string of the molecule is O=S(=O)(Nc1cc(C(F)(F)F)ccc1O)C1CCCC1. The Morgan fingerprint density at radius 2 is 1.80 bits per heavy atom. The number of sulfonamides is 1. The van der Waals surface area contributed by atoms with Crippen LogP contribution in [0.5, 0.6) is 5.75 Å². The van der Waals surface area contributed by atoms with Crippen LogP contribution in [0.2, 0.25) is 0 Å². The summed E-state index contributed by atoms with van der Waals surface area (Å²) in [6, 6.07) is 2.12. The lowest BCUT2D eigenvalue weighted by Crippen LogP contribution is -2.25. The molecule has 0 unspecified atom stereocenters. The molecule has 2 N–H and O–H groups in total. The number of nitrogens with one attached hydrogen (secondary N) is 1. The molecule has 1 aromatic rings. The molecule has 1 fully saturated rings. The zero-order chi connectivity index (χ0) is 15.0. The molecule has 1 aromatic carbocycles. The van der Waals surface area contributed by atoms with Gasteiger partial charge in [-0.2, -0.15) is 13.2 Å². The number of halogens is 3. The van der Waals surface area contributed by atoms with Crippen molar-refractivity contribution in [3.8, 4) is 5.75 Å². The average Bonchev–Trinajstić information content (AvgIpc) is 2.84. The van der Waals surface area contributed by atoms with Gasteiger partial charge in [0.25, 0.3) is 0 Å². The molecule has 0 bridgehead atoms. The van der Waals surface area contributed by atoms with Crippen molar-refractivity contribution in [1.29, 1.82) is 0 Å². The largest absolute Gasteiger partial charge is 0.506 e. The third-order valence-corrected chi connectivity index (χ3v) is 5.17. The average molecular weight is 309 g/mol. The lowest BCUT2D eigenvalue weighted by atomic mass is 10.2. The Morgan fingerprint density at radius 1 is 1.20 bits per heavy atom. The van der Waals surface area contributed by atoms with Crippen LogP contribution >= 0.6 is 0 Å². The minimum atomic E-state index is -4.60. The van der Waals surface area contributed by atoms with E-state index in [0.717, 1.165) is 18.9 Å². The summed E-state index contributed by atoms with van der Waals surface area (Å²) in [6.45, 7) is 0. The van der Waals surface area contributed by atoms with Crippen LogP contribution in [0.25, 0.3) is 0 Å². The summed E-state index contributed by atoms with van der Waals surface area (Å²) < 4.78 is 63.8. The normalized spacial score (nSPS) is 17.4. The van der Waals surface area contributed by atoms with Crippen molar-refractivity contribution < 1.29 is 26.7 Å². The number of rotatable bonds is 3. The number of phenols is 1. The number of aromatic hydroxyl groups is 1. The molecule has 0 aromatic heterocycles. The molecule has 4 nitrogen and oxygen atoms in total. The summed E-state index contributed by atoms with van der Waals surface area (Å²) >= 11 is 0. The molecule has 0 saturated heterocycles. The lowest BCUT2D eigenvalue weighted by Gasteiger charge is -2.15. The zero-order valence-electron chi connectivity index (χ0n) is 10.4. The van der Waals surface area contributed by atoms with Gasteiger partial charge in [-0.3, -0.25) is 4.72 Å². The van der Waals surface area contributed by atoms with E-state index in [2.05, 4.69) is 4.72 Å². The molecule has 0 atom stereocenters. The van der Waals surface area contributed by atoms with E-state index in [4.69, 9.17) is 0 Å². The molecule has 1 aliphatic carbocycles. The molecule has 2 rings (SSSR count). The standard InChI is InChI=1S/C12H14F3NO3S/c13-12(14,15)8-5-6-11(17)10(7-8)16-20(18,19)9-3-1-2-4-9/h5-7,9,16-17H,1-4H2. The van der Waals surface area contributed by atoms with E-state index < -0.39 is 38.4 Å². The van der Waals surface area contributed by atoms with Gasteiger partial charge in [-0.1, -0.05) is 12.8 Å². The lowest BCUT2D eigenvalue weighted by molar-refractivity contribution is -0.137. The van der Waals surface area contributed by atoms with Crippen LogP contribution in [0.4, 0.5) is 18.9 Å². The molecule has 1 saturated carbocycles. The molecule has 20 heavy (non-hydrogen) atoms. The highest BCUT2D eigenvalue weighted by molar-refractivity contribution is 7.93. The molecule has 112 valence electrons. The molecular weight excluding hydrogens is 295 g/mol. The molecule has 1 aliphatic rings. The molecule has 8 heteroatoms. The van der Waals surface area contributed by atoms with Gasteiger partial charge < -0.3 is 5.11 Å². The highest BCUT2D eigenvalue weighted by atomic mass is 32.2. The molecule has 0 aliphatic heterocycles. The maximum atomic E-state index is 12.6. The second-order valence-corrected chi connectivity index (χ2v) is 6.74. The van der Waals surface area contributed by atoms with Crippen LogP contribution in [0.3, 0.4) is 0 Å². The van der Waals surface area contributed by atoms with E-state index in [9.17, 15) is 26.7 Å². The van der Waals surface area contributed by atoms with Gasteiger partial charge in [0.05, 0.1) is 16.5 Å². The van der Waals surface area contributed by atoms with Gasteiger partial charge in [-0.25, -0.2) is 8.42 Å². The van der Waals surface area contributed by atoms with E-state index >= 15 is 0 Å².